The van der Waals surface area contributed by atoms with Gasteiger partial charge in [-0.2, -0.15) is 5.26 Å². The maximum absolute atomic E-state index is 13.6. The maximum atomic E-state index is 13.6. The summed E-state index contributed by atoms with van der Waals surface area (Å²) in [5, 5.41) is 19.8. The summed E-state index contributed by atoms with van der Waals surface area (Å²) < 4.78 is 19.6. The summed E-state index contributed by atoms with van der Waals surface area (Å²) in [4.78, 5) is 12.0. The van der Waals surface area contributed by atoms with Crippen LogP contribution >= 0.6 is 23.1 Å². The molecule has 1 aromatic heterocycles. The van der Waals surface area contributed by atoms with Crippen molar-refractivity contribution in [3.05, 3.63) is 65.5 Å². The lowest BCUT2D eigenvalue weighted by molar-refractivity contribution is -0.118. The molecule has 9 heteroatoms. The van der Waals surface area contributed by atoms with Crippen molar-refractivity contribution in [2.75, 3.05) is 11.9 Å². The SMILES string of the molecule is N#Cc1ccccc1OCC(=O)Nc1nnc(SCc2ccccc2F)s1. The van der Waals surface area contributed by atoms with Crippen LogP contribution in [0.5, 0.6) is 5.75 Å². The number of hydrogen-bond acceptors (Lipinski definition) is 7. The highest BCUT2D eigenvalue weighted by Gasteiger charge is 2.11. The zero-order valence-electron chi connectivity index (χ0n) is 13.9. The molecule has 27 heavy (non-hydrogen) atoms. The van der Waals surface area contributed by atoms with Gasteiger partial charge in [0.15, 0.2) is 10.9 Å². The number of para-hydroxylation sites is 1. The van der Waals surface area contributed by atoms with Crippen LogP contribution in [-0.4, -0.2) is 22.7 Å². The number of nitrogens with zero attached hydrogens (tertiary/aromatic N) is 3. The predicted octanol–water partition coefficient (Wildman–Crippen LogP) is 3.86. The average molecular weight is 400 g/mol. The fourth-order valence-electron chi connectivity index (χ4n) is 2.06. The van der Waals surface area contributed by atoms with Gasteiger partial charge >= 0.3 is 0 Å². The Bertz CT molecular complexity index is 987. The highest BCUT2D eigenvalue weighted by molar-refractivity contribution is 8.00. The molecule has 1 heterocycles. The molecule has 136 valence electrons. The van der Waals surface area contributed by atoms with E-state index in [1.54, 1.807) is 42.5 Å². The summed E-state index contributed by atoms with van der Waals surface area (Å²) in [6, 6.07) is 15.2. The zero-order valence-corrected chi connectivity index (χ0v) is 15.5. The molecule has 0 radical (unpaired) electrons. The van der Waals surface area contributed by atoms with Crippen LogP contribution in [0.3, 0.4) is 0 Å². The van der Waals surface area contributed by atoms with Gasteiger partial charge in [0, 0.05) is 5.75 Å². The van der Waals surface area contributed by atoms with Crippen LogP contribution in [0, 0.1) is 17.1 Å². The fraction of sp³-hybridized carbons (Fsp3) is 0.111. The first-order chi connectivity index (χ1) is 13.2. The largest absolute Gasteiger partial charge is 0.482 e. The highest BCUT2D eigenvalue weighted by atomic mass is 32.2. The van der Waals surface area contributed by atoms with Crippen molar-refractivity contribution in [3.8, 4) is 11.8 Å². The molecule has 0 aliphatic heterocycles. The van der Waals surface area contributed by atoms with E-state index in [0.29, 0.717) is 32.1 Å². The Kier molecular flexibility index (Phi) is 6.35. The molecule has 0 saturated carbocycles. The average Bonchev–Trinajstić information content (AvgIpc) is 3.13. The predicted molar refractivity (Wildman–Crippen MR) is 101 cm³/mol. The second kappa shape index (κ2) is 9.12. The maximum Gasteiger partial charge on any atom is 0.264 e. The molecule has 0 aliphatic rings. The third-order valence-corrected chi connectivity index (χ3v) is 5.35. The van der Waals surface area contributed by atoms with Crippen LogP contribution in [0.25, 0.3) is 0 Å². The lowest BCUT2D eigenvalue weighted by Gasteiger charge is -2.06. The first kappa shape index (κ1) is 18.8. The third-order valence-electron chi connectivity index (χ3n) is 3.33. The van der Waals surface area contributed by atoms with Crippen LogP contribution in [0.15, 0.2) is 52.9 Å². The number of carbonyl (C=O) groups is 1. The number of amides is 1. The van der Waals surface area contributed by atoms with Gasteiger partial charge in [0.05, 0.1) is 5.56 Å². The third kappa shape index (κ3) is 5.26. The molecule has 2 aromatic carbocycles. The minimum Gasteiger partial charge on any atom is -0.482 e. The number of benzene rings is 2. The van der Waals surface area contributed by atoms with Gasteiger partial charge in [-0.1, -0.05) is 53.4 Å². The van der Waals surface area contributed by atoms with Gasteiger partial charge in [0.1, 0.15) is 17.6 Å². The van der Waals surface area contributed by atoms with E-state index in [1.165, 1.54) is 29.2 Å². The number of ether oxygens (including phenoxy) is 1. The van der Waals surface area contributed by atoms with Crippen molar-refractivity contribution < 1.29 is 13.9 Å². The number of hydrogen-bond donors (Lipinski definition) is 1. The van der Waals surface area contributed by atoms with E-state index in [2.05, 4.69) is 15.5 Å². The van der Waals surface area contributed by atoms with E-state index in [1.807, 2.05) is 6.07 Å². The summed E-state index contributed by atoms with van der Waals surface area (Å²) in [7, 11) is 0. The Morgan fingerprint density at radius 3 is 2.81 bits per heavy atom. The lowest BCUT2D eigenvalue weighted by atomic mass is 10.2. The van der Waals surface area contributed by atoms with Crippen molar-refractivity contribution in [2.45, 2.75) is 10.1 Å². The standard InChI is InChI=1S/C18H13FN4O2S2/c19-14-7-3-1-6-13(14)11-26-18-23-22-17(27-18)21-16(24)10-25-15-8-4-2-5-12(15)9-20/h1-8H,10-11H2,(H,21,22,24). The van der Waals surface area contributed by atoms with Crippen LogP contribution < -0.4 is 10.1 Å². The summed E-state index contributed by atoms with van der Waals surface area (Å²) in [6.45, 7) is -0.254. The summed E-state index contributed by atoms with van der Waals surface area (Å²) >= 11 is 2.53. The van der Waals surface area contributed by atoms with Crippen molar-refractivity contribution in [1.82, 2.24) is 10.2 Å². The van der Waals surface area contributed by atoms with E-state index in [9.17, 15) is 9.18 Å². The van der Waals surface area contributed by atoms with Crippen molar-refractivity contribution >= 4 is 34.1 Å². The highest BCUT2D eigenvalue weighted by Crippen LogP contribution is 2.29. The quantitative estimate of drug-likeness (QED) is 0.479. The Hall–Kier alpha value is -2.96. The summed E-state index contributed by atoms with van der Waals surface area (Å²) in [6.07, 6.45) is 0. The van der Waals surface area contributed by atoms with Gasteiger partial charge < -0.3 is 4.74 Å². The van der Waals surface area contributed by atoms with Gasteiger partial charge in [-0.15, -0.1) is 10.2 Å². The molecule has 1 N–H and O–H groups in total. The molecule has 0 unspecified atom stereocenters. The van der Waals surface area contributed by atoms with Crippen LogP contribution in [0.4, 0.5) is 9.52 Å². The van der Waals surface area contributed by atoms with E-state index < -0.39 is 5.91 Å². The van der Waals surface area contributed by atoms with E-state index >= 15 is 0 Å². The smallest absolute Gasteiger partial charge is 0.264 e. The second-order valence-corrected chi connectivity index (χ2v) is 7.40. The molecule has 0 bridgehead atoms. The summed E-state index contributed by atoms with van der Waals surface area (Å²) in [5.74, 6) is 0.0828. The molecule has 3 aromatic rings. The van der Waals surface area contributed by atoms with E-state index in [-0.39, 0.29) is 12.4 Å². The van der Waals surface area contributed by atoms with Gasteiger partial charge in [-0.05, 0) is 23.8 Å². The minimum absolute atomic E-state index is 0.254. The molecule has 0 fully saturated rings. The molecular weight excluding hydrogens is 387 g/mol. The molecule has 6 nitrogen and oxygen atoms in total. The van der Waals surface area contributed by atoms with E-state index in [0.717, 1.165) is 0 Å². The number of halogens is 1. The topological polar surface area (TPSA) is 87.9 Å². The Morgan fingerprint density at radius 2 is 2.00 bits per heavy atom. The van der Waals surface area contributed by atoms with Gasteiger partial charge in [-0.3, -0.25) is 10.1 Å². The van der Waals surface area contributed by atoms with Crippen molar-refractivity contribution in [1.29, 1.82) is 5.26 Å². The number of aromatic nitrogens is 2. The van der Waals surface area contributed by atoms with E-state index in [4.69, 9.17) is 10.00 Å². The van der Waals surface area contributed by atoms with Gasteiger partial charge in [0.2, 0.25) is 5.13 Å². The molecular formula is C18H13FN4O2S2. The first-order valence-corrected chi connectivity index (χ1v) is 9.57. The molecule has 0 spiro atoms. The minimum atomic E-state index is -0.412. The number of thioether (sulfide) groups is 1. The lowest BCUT2D eigenvalue weighted by Crippen LogP contribution is -2.20. The van der Waals surface area contributed by atoms with Gasteiger partial charge in [0.25, 0.3) is 5.91 Å². The summed E-state index contributed by atoms with van der Waals surface area (Å²) in [5.41, 5.74) is 0.931. The number of rotatable bonds is 7. The first-order valence-electron chi connectivity index (χ1n) is 7.77. The molecule has 0 atom stereocenters. The number of carbonyl (C=O) groups excluding carboxylic acids is 1. The van der Waals surface area contributed by atoms with Crippen molar-refractivity contribution in [2.24, 2.45) is 0 Å². The zero-order chi connectivity index (χ0) is 19.1. The van der Waals surface area contributed by atoms with Crippen LogP contribution in [0.2, 0.25) is 0 Å². The molecule has 0 aliphatic carbocycles. The Balaban J connectivity index is 1.51. The second-order valence-electron chi connectivity index (χ2n) is 5.20. The Labute approximate surface area is 163 Å². The van der Waals surface area contributed by atoms with Crippen LogP contribution in [0.1, 0.15) is 11.1 Å². The normalized spacial score (nSPS) is 10.2. The number of nitrogens with one attached hydrogen (secondary N) is 1. The number of anilines is 1. The molecule has 1 amide bonds. The van der Waals surface area contributed by atoms with Crippen molar-refractivity contribution in [3.63, 3.8) is 0 Å². The fourth-order valence-corrected chi connectivity index (χ4v) is 3.81. The van der Waals surface area contributed by atoms with Gasteiger partial charge in [-0.25, -0.2) is 4.39 Å². The number of nitriles is 1. The Morgan fingerprint density at radius 1 is 1.22 bits per heavy atom. The molecule has 3 rings (SSSR count). The molecule has 0 saturated heterocycles. The monoisotopic (exact) mass is 400 g/mol. The van der Waals surface area contributed by atoms with Crippen LogP contribution in [-0.2, 0) is 10.5 Å².